The molecule has 0 saturated heterocycles. The first-order chi connectivity index (χ1) is 5.11. The molecule has 0 radical (unpaired) electrons. The minimum absolute atomic E-state index is 0. The van der Waals surface area contributed by atoms with Crippen molar-refractivity contribution in [3.05, 3.63) is 34.3 Å². The molecule has 0 nitrogen and oxygen atoms in total. The molecular weight excluding hydrogens is 257 g/mol. The molecule has 0 aliphatic rings. The second kappa shape index (κ2) is 4.99. The van der Waals surface area contributed by atoms with Crippen LogP contribution < -0.4 is 0 Å². The van der Waals surface area contributed by atoms with Crippen LogP contribution in [0.3, 0.4) is 0 Å². The monoisotopic (exact) mass is 270 g/mol. The second-order valence-electron chi connectivity index (χ2n) is 3.18. The van der Waals surface area contributed by atoms with Gasteiger partial charge in [0.1, 0.15) is 0 Å². The van der Waals surface area contributed by atoms with Gasteiger partial charge in [0.05, 0.1) is 0 Å². The van der Waals surface area contributed by atoms with E-state index in [-0.39, 0.29) is 19.5 Å². The van der Waals surface area contributed by atoms with E-state index in [4.69, 9.17) is 11.6 Å². The number of halogens is 1. The van der Waals surface area contributed by atoms with Gasteiger partial charge in [-0.3, -0.25) is 0 Å². The van der Waals surface area contributed by atoms with Gasteiger partial charge >= 0.3 is 19.5 Å². The third-order valence-corrected chi connectivity index (χ3v) is 2.11. The van der Waals surface area contributed by atoms with Crippen LogP contribution in [0.25, 0.3) is 0 Å². The minimum Gasteiger partial charge on any atom is -0.0840 e. The molecule has 0 atom stereocenters. The summed E-state index contributed by atoms with van der Waals surface area (Å²) in [7, 11) is 0. The summed E-state index contributed by atoms with van der Waals surface area (Å²) in [5, 5.41) is 0.889. The van der Waals surface area contributed by atoms with Gasteiger partial charge in [-0.1, -0.05) is 37.6 Å². The fraction of sp³-hybridized carbons (Fsp3) is 0.400. The van der Waals surface area contributed by atoms with Gasteiger partial charge in [0.2, 0.25) is 0 Å². The fourth-order valence-electron chi connectivity index (χ4n) is 1.10. The number of hydrogen-bond acceptors (Lipinski definition) is 0. The van der Waals surface area contributed by atoms with Gasteiger partial charge in [-0.25, -0.2) is 0 Å². The van der Waals surface area contributed by atoms with Crippen LogP contribution in [-0.4, -0.2) is 0 Å². The van der Waals surface area contributed by atoms with Crippen LogP contribution in [0, 0.1) is 6.92 Å². The maximum absolute atomic E-state index is 6.02. The molecule has 0 fully saturated rings. The molecule has 1 rings (SSSR count). The Morgan fingerprint density at radius 1 is 1.25 bits per heavy atom. The van der Waals surface area contributed by atoms with E-state index in [0.717, 1.165) is 5.02 Å². The van der Waals surface area contributed by atoms with Gasteiger partial charge in [0, 0.05) is 5.02 Å². The summed E-state index contributed by atoms with van der Waals surface area (Å²) in [5.74, 6) is 0.517. The molecule has 0 N–H and O–H groups in total. The van der Waals surface area contributed by atoms with Crippen molar-refractivity contribution in [3.63, 3.8) is 0 Å². The normalized spacial score (nSPS) is 9.75. The van der Waals surface area contributed by atoms with Gasteiger partial charge in [0.15, 0.2) is 0 Å². The van der Waals surface area contributed by atoms with E-state index < -0.39 is 0 Å². The van der Waals surface area contributed by atoms with Gasteiger partial charge in [-0.2, -0.15) is 0 Å². The summed E-state index contributed by atoms with van der Waals surface area (Å²) in [5.41, 5.74) is 2.46. The number of rotatable bonds is 1. The van der Waals surface area contributed by atoms with Crippen LogP contribution in [0.1, 0.15) is 30.9 Å². The molecule has 0 aliphatic heterocycles. The maximum atomic E-state index is 6.02. The first kappa shape index (κ1) is 12.1. The first-order valence-electron chi connectivity index (χ1n) is 3.87. The Labute approximate surface area is 92.1 Å². The Kier molecular flexibility index (Phi) is 5.05. The Morgan fingerprint density at radius 3 is 2.25 bits per heavy atom. The summed E-state index contributed by atoms with van der Waals surface area (Å²) < 4.78 is 0. The summed E-state index contributed by atoms with van der Waals surface area (Å²) in [6.07, 6.45) is 0. The molecule has 0 amide bonds. The standard InChI is InChI=1S/C10H13Cl.Ru/c1-7(2)9-5-4-8(3)6-10(9)11;/h4-7H,1-3H3;/q;+2. The molecule has 0 spiro atoms. The zero-order chi connectivity index (χ0) is 8.43. The van der Waals surface area contributed by atoms with E-state index in [1.54, 1.807) is 0 Å². The summed E-state index contributed by atoms with van der Waals surface area (Å²) >= 11 is 6.02. The van der Waals surface area contributed by atoms with Gasteiger partial charge in [-0.05, 0) is 30.0 Å². The molecule has 0 unspecified atom stereocenters. The van der Waals surface area contributed by atoms with E-state index in [1.807, 2.05) is 6.07 Å². The molecule has 0 aromatic heterocycles. The van der Waals surface area contributed by atoms with Crippen molar-refractivity contribution < 1.29 is 19.5 Å². The molecule has 0 heterocycles. The van der Waals surface area contributed by atoms with Crippen molar-refractivity contribution in [3.8, 4) is 0 Å². The zero-order valence-electron chi connectivity index (χ0n) is 7.54. The van der Waals surface area contributed by atoms with Crippen LogP contribution in [0.15, 0.2) is 18.2 Å². The predicted molar refractivity (Wildman–Crippen MR) is 50.3 cm³/mol. The molecule has 0 aliphatic carbocycles. The fourth-order valence-corrected chi connectivity index (χ4v) is 1.55. The minimum atomic E-state index is 0. The Hall–Kier alpha value is 0.133. The van der Waals surface area contributed by atoms with Crippen molar-refractivity contribution in [2.24, 2.45) is 0 Å². The number of hydrogen-bond donors (Lipinski definition) is 0. The van der Waals surface area contributed by atoms with Crippen molar-refractivity contribution in [2.45, 2.75) is 26.7 Å². The maximum Gasteiger partial charge on any atom is 2.00 e. The molecule has 1 aromatic rings. The predicted octanol–water partition coefficient (Wildman–Crippen LogP) is 3.77. The van der Waals surface area contributed by atoms with Crippen LogP contribution in [0.2, 0.25) is 5.02 Å². The Bertz CT molecular complexity index is 256. The molecule has 66 valence electrons. The molecule has 0 saturated carbocycles. The number of benzene rings is 1. The quantitative estimate of drug-likeness (QED) is 0.681. The topological polar surface area (TPSA) is 0 Å². The van der Waals surface area contributed by atoms with Crippen molar-refractivity contribution >= 4 is 11.6 Å². The van der Waals surface area contributed by atoms with Crippen LogP contribution in [0.5, 0.6) is 0 Å². The van der Waals surface area contributed by atoms with Crippen LogP contribution >= 0.6 is 11.6 Å². The average Bonchev–Trinajstić information content (AvgIpc) is 1.85. The molecule has 0 bridgehead atoms. The van der Waals surface area contributed by atoms with E-state index in [1.165, 1.54) is 11.1 Å². The summed E-state index contributed by atoms with van der Waals surface area (Å²) in [4.78, 5) is 0. The summed E-state index contributed by atoms with van der Waals surface area (Å²) in [6, 6.07) is 6.21. The second-order valence-corrected chi connectivity index (χ2v) is 3.59. The van der Waals surface area contributed by atoms with Crippen molar-refractivity contribution in [1.29, 1.82) is 0 Å². The third-order valence-electron chi connectivity index (χ3n) is 1.78. The van der Waals surface area contributed by atoms with E-state index in [9.17, 15) is 0 Å². The average molecular weight is 270 g/mol. The Morgan fingerprint density at radius 2 is 1.83 bits per heavy atom. The first-order valence-corrected chi connectivity index (χ1v) is 4.25. The smallest absolute Gasteiger partial charge is 0.0840 e. The molecule has 1 aromatic carbocycles. The van der Waals surface area contributed by atoms with E-state index in [2.05, 4.69) is 32.9 Å². The van der Waals surface area contributed by atoms with Gasteiger partial charge in [-0.15, -0.1) is 0 Å². The third kappa shape index (κ3) is 2.88. The van der Waals surface area contributed by atoms with E-state index >= 15 is 0 Å². The van der Waals surface area contributed by atoms with Crippen molar-refractivity contribution in [1.82, 2.24) is 0 Å². The van der Waals surface area contributed by atoms with Gasteiger partial charge in [0.25, 0.3) is 0 Å². The molecule has 12 heavy (non-hydrogen) atoms. The summed E-state index contributed by atoms with van der Waals surface area (Å²) in [6.45, 7) is 6.35. The van der Waals surface area contributed by atoms with Gasteiger partial charge < -0.3 is 0 Å². The van der Waals surface area contributed by atoms with Crippen LogP contribution in [-0.2, 0) is 19.5 Å². The zero-order valence-corrected chi connectivity index (χ0v) is 10.0. The molecular formula is C10H13ClRu+2. The van der Waals surface area contributed by atoms with E-state index in [0.29, 0.717) is 5.92 Å². The van der Waals surface area contributed by atoms with Crippen molar-refractivity contribution in [2.75, 3.05) is 0 Å². The largest absolute Gasteiger partial charge is 2.00 e. The molecule has 2 heteroatoms. The SMILES string of the molecule is Cc1ccc(C(C)C)c(Cl)c1.[Ru+2]. The number of aryl methyl sites for hydroxylation is 1. The van der Waals surface area contributed by atoms with Crippen LogP contribution in [0.4, 0.5) is 0 Å². The Balaban J connectivity index is 0.00000121.